The number of anilines is 1. The monoisotopic (exact) mass is 1960 g/mol. The van der Waals surface area contributed by atoms with Crippen LogP contribution in [0.3, 0.4) is 0 Å². The highest BCUT2D eigenvalue weighted by Gasteiger charge is 2.36. The van der Waals surface area contributed by atoms with Crippen molar-refractivity contribution in [3.63, 3.8) is 0 Å². The van der Waals surface area contributed by atoms with Crippen molar-refractivity contribution in [1.29, 1.82) is 0 Å². The van der Waals surface area contributed by atoms with Crippen LogP contribution >= 0.6 is 69.1 Å². The molecule has 694 valence electrons. The number of ether oxygens (including phenoxy) is 1. The summed E-state index contributed by atoms with van der Waals surface area (Å²) in [5.41, 5.74) is 12.0. The van der Waals surface area contributed by atoms with Gasteiger partial charge in [-0.3, -0.25) is 48.1 Å². The van der Waals surface area contributed by atoms with Crippen LogP contribution < -0.4 is 55.8 Å². The van der Waals surface area contributed by atoms with Gasteiger partial charge in [-0.05, 0) is 269 Å². The van der Waals surface area contributed by atoms with E-state index in [2.05, 4.69) is 40.1 Å². The quantitative estimate of drug-likeness (QED) is 0.0614. The molecule has 22 rings (SSSR count). The third-order valence-electron chi connectivity index (χ3n) is 22.1. The maximum Gasteiger partial charge on any atom is 0.271 e. The molecule has 13 aromatic carbocycles. The van der Waals surface area contributed by atoms with E-state index in [1.54, 1.807) is 56.8 Å². The minimum absolute atomic E-state index is 0.0117. The minimum Gasteiger partial charge on any atom is -0.497 e. The number of unbranched alkanes of at least 4 members (excludes halogenated alkanes) is 1. The van der Waals surface area contributed by atoms with Crippen LogP contribution in [0.2, 0.25) is 5.02 Å². The molecule has 5 aliphatic rings. The molecular weight excluding hydrogens is 1870 g/mol. The Morgan fingerprint density at radius 3 is 1.25 bits per heavy atom. The number of halogens is 1. The lowest BCUT2D eigenvalue weighted by atomic mass is 10.2. The Labute approximate surface area is 838 Å². The first-order chi connectivity index (χ1) is 69.2. The molecule has 17 aromatic rings. The lowest BCUT2D eigenvalue weighted by Crippen LogP contribution is -2.28. The third kappa shape index (κ3) is 24.4. The zero-order valence-corrected chi connectivity index (χ0v) is 81.1. The summed E-state index contributed by atoms with van der Waals surface area (Å²) in [6.45, 7) is 3.81. The van der Waals surface area contributed by atoms with Gasteiger partial charge in [-0.2, -0.15) is 0 Å². The number of aliphatic imine (C=N–C) groups is 2. The second-order valence-electron chi connectivity index (χ2n) is 32.0. The largest absolute Gasteiger partial charge is 0.497 e. The highest BCUT2D eigenvalue weighted by Crippen LogP contribution is 2.40. The molecule has 0 unspecified atom stereocenters. The minimum atomic E-state index is -0.0964. The van der Waals surface area contributed by atoms with E-state index in [1.807, 2.05) is 387 Å². The van der Waals surface area contributed by atoms with Gasteiger partial charge in [0.25, 0.3) is 11.8 Å². The number of hydrogen-bond donors (Lipinski definition) is 3. The zero-order valence-electron chi connectivity index (χ0n) is 76.2. The number of thiazole rings is 3. The van der Waals surface area contributed by atoms with Crippen molar-refractivity contribution in [2.45, 2.75) is 39.4 Å². The first-order valence-electron chi connectivity index (χ1n) is 45.2. The van der Waals surface area contributed by atoms with Crippen LogP contribution in [-0.2, 0) is 29.2 Å². The van der Waals surface area contributed by atoms with Crippen LogP contribution in [0.25, 0.3) is 54.3 Å². The van der Waals surface area contributed by atoms with Crippen molar-refractivity contribution in [3.8, 4) is 29.1 Å². The van der Waals surface area contributed by atoms with Gasteiger partial charge in [-0.15, -0.1) is 0 Å². The maximum atomic E-state index is 13.1. The Morgan fingerprint density at radius 2 is 0.794 bits per heavy atom. The Morgan fingerprint density at radius 1 is 0.397 bits per heavy atom. The number of hydrogen-bond acceptors (Lipinski definition) is 20. The molecule has 0 bridgehead atoms. The smallest absolute Gasteiger partial charge is 0.271 e. The topological polar surface area (TPSA) is 237 Å². The van der Waals surface area contributed by atoms with Crippen LogP contribution in [0.5, 0.6) is 23.4 Å². The highest BCUT2D eigenvalue weighted by atomic mass is 35.5. The fraction of sp³-hybridized carbons (Fsp3) is 0.0609. The summed E-state index contributed by atoms with van der Waals surface area (Å²) < 4.78 is 16.2. The normalized spacial score (nSPS) is 14.9. The third-order valence-corrected chi connectivity index (χ3v) is 27.3. The summed E-state index contributed by atoms with van der Waals surface area (Å²) in [6.07, 6.45) is 24.8. The fourth-order valence-electron chi connectivity index (χ4n) is 15.1. The molecule has 0 aliphatic carbocycles. The first-order valence-corrected chi connectivity index (χ1v) is 49.7. The molecule has 2 saturated heterocycles. The van der Waals surface area contributed by atoms with E-state index in [1.165, 1.54) is 57.5 Å². The van der Waals surface area contributed by atoms with E-state index in [0.29, 0.717) is 47.9 Å². The Kier molecular flexibility index (Phi) is 31.1. The molecule has 0 spiro atoms. The van der Waals surface area contributed by atoms with Crippen molar-refractivity contribution in [3.05, 3.63) is 498 Å². The van der Waals surface area contributed by atoms with Gasteiger partial charge in [0, 0.05) is 46.9 Å². The van der Waals surface area contributed by atoms with Crippen molar-refractivity contribution in [2.75, 3.05) is 12.0 Å². The van der Waals surface area contributed by atoms with Crippen molar-refractivity contribution >= 4 is 174 Å². The van der Waals surface area contributed by atoms with E-state index in [9.17, 15) is 24.9 Å². The molecule has 26 heteroatoms. The van der Waals surface area contributed by atoms with Gasteiger partial charge < -0.3 is 24.5 Å². The molecule has 0 atom stereocenters. The second-order valence-corrected chi connectivity index (χ2v) is 37.5. The summed E-state index contributed by atoms with van der Waals surface area (Å²) in [4.78, 5) is 72.0. The molecule has 2 fully saturated rings. The van der Waals surface area contributed by atoms with Crippen LogP contribution in [-0.4, -0.2) is 63.2 Å². The molecule has 4 aromatic heterocycles. The zero-order chi connectivity index (χ0) is 96.6. The number of fused-ring (bicyclic) bond motifs is 3. The van der Waals surface area contributed by atoms with Gasteiger partial charge in [0.05, 0.1) is 107 Å². The highest BCUT2D eigenvalue weighted by molar-refractivity contribution is 8.19. The maximum absolute atomic E-state index is 13.1. The first kappa shape index (κ1) is 94.9. The van der Waals surface area contributed by atoms with Gasteiger partial charge >= 0.3 is 0 Å². The molecule has 20 nitrogen and oxygen atoms in total. The average Bonchev–Trinajstić information content (AvgIpc) is 1.64. The summed E-state index contributed by atoms with van der Waals surface area (Å²) in [5, 5.41) is 40.8. The van der Waals surface area contributed by atoms with Crippen molar-refractivity contribution in [1.82, 2.24) is 18.6 Å². The molecular formula is C115H90ClN13O7S5. The van der Waals surface area contributed by atoms with Gasteiger partial charge in [0.2, 0.25) is 17.6 Å². The fourth-order valence-corrected chi connectivity index (χ4v) is 20.2. The van der Waals surface area contributed by atoms with E-state index in [4.69, 9.17) is 45.7 Å². The summed E-state index contributed by atoms with van der Waals surface area (Å²) in [7, 11) is 1.63. The van der Waals surface area contributed by atoms with E-state index < -0.39 is 0 Å². The number of para-hydroxylation sites is 5. The van der Waals surface area contributed by atoms with Crippen LogP contribution in [0.4, 0.5) is 34.1 Å². The number of methoxy groups -OCH3 is 1. The predicted molar refractivity (Wildman–Crippen MR) is 574 cm³/mol. The number of thioether (sulfide) groups is 2. The van der Waals surface area contributed by atoms with E-state index in [0.717, 1.165) is 155 Å². The number of furan rings is 1. The molecule has 2 amide bonds. The molecule has 3 N–H and O–H groups in total. The summed E-state index contributed by atoms with van der Waals surface area (Å²) in [6, 6.07) is 115. The van der Waals surface area contributed by atoms with E-state index in [-0.39, 0.29) is 29.5 Å². The molecule has 141 heavy (non-hydrogen) atoms. The molecule has 0 saturated carbocycles. The molecule has 9 heterocycles. The number of aromatic nitrogens is 3. The van der Waals surface area contributed by atoms with Crippen LogP contribution in [0, 0.1) is 0 Å². The van der Waals surface area contributed by atoms with Gasteiger partial charge in [-0.25, -0.2) is 25.0 Å². The average molecular weight is 1960 g/mol. The number of carbonyl (C=O) groups excluding carboxylic acids is 2. The number of amidine groups is 2. The molecule has 5 aliphatic heterocycles. The van der Waals surface area contributed by atoms with Crippen LogP contribution in [0.1, 0.15) is 73.5 Å². The van der Waals surface area contributed by atoms with Gasteiger partial charge in [0.15, 0.2) is 24.7 Å². The number of amides is 2. The second kappa shape index (κ2) is 46.2. The van der Waals surface area contributed by atoms with Gasteiger partial charge in [0.1, 0.15) is 11.5 Å². The number of rotatable bonds is 20. The number of benzene rings is 13. The summed E-state index contributed by atoms with van der Waals surface area (Å²) in [5.74, 6) is 1.99. The van der Waals surface area contributed by atoms with Crippen LogP contribution in [0.15, 0.2) is 437 Å². The van der Waals surface area contributed by atoms with E-state index >= 15 is 0 Å². The Bertz CT molecular complexity index is 8260. The Hall–Kier alpha value is -16.4. The Balaban J connectivity index is 0.000000117. The van der Waals surface area contributed by atoms with Crippen molar-refractivity contribution < 1.29 is 34.1 Å². The number of nitrogens with zero attached hydrogens (tertiary/aromatic N) is 13. The number of carbonyl (C=O) groups is 2. The number of aromatic hydroxyl groups is 3. The van der Waals surface area contributed by atoms with Gasteiger partial charge in [-0.1, -0.05) is 259 Å². The lowest BCUT2D eigenvalue weighted by molar-refractivity contribution is -0.122. The lowest BCUT2D eigenvalue weighted by Gasteiger charge is -2.15. The summed E-state index contributed by atoms with van der Waals surface area (Å²) >= 11 is 13.2. The molecule has 0 radical (unpaired) electrons. The predicted octanol–water partition coefficient (Wildman–Crippen LogP) is 22.8. The standard InChI is InChI=1S/C25H19N3O2S.C23H17N3O2S.C23H18N2OS.C22H15ClN2OS.C22H21N3OS/c1-30-21-10-8-20(9-11-21)28-24(29)23(31-25(28)27-19-5-3-2-4-6-19)16-17-7-12-22-18(15-17)13-14-26-22;27-22-21(14-16-8-9-20-17(13-16)10-11-24-20)29-23(25-18-5-2-1-3-6-18)26(22)15-19-7-4-12-28-19;26-22-21(16-18-10-4-1-5-11-18)27-23(24-20-14-8-3-9-15-20)25(22)17-19-12-6-2-7-13-19;23-17-11-13-19(14-12-17)25-21(26)20(15-16-7-3-1-4-8-16)27-22(25)24-18-9-5-2-6-10-18;1-2-3-13-25-21(26)20(27-22(25)24-18-7-5-4-6-8-18)15-16-9-10-19-17(14-16)11-12-23-19/h2-16,29H,1H3;1-14,27H,15H2;1-16H,17H2;1-15H;4-12,14-15,26H,2-3,13H2,1H3/b;;21-16-,24-23?;20-15-,24-22?;. The SMILES string of the molecule is CCCCn1c(O)c(C=c2ccc3c(c2)C=CN=3)sc1=Nc1ccccc1.COc1ccc(-n2c(O)c(C=c3ccc4c(c3)C=CN=4)sc2=Nc2ccccc2)cc1.O=C1/C(=C/c2ccccc2)SC(=Nc2ccccc2)N1Cc1ccccc1.O=C1/C(=C/c2ccccc2)SC(=Nc2ccccc2)N1c1ccc(Cl)cc1.Oc1c(C=c2ccc3c(c2)C=CN=3)sc(=Nc2ccccc2)n1Cc1ccco1. The van der Waals surface area contributed by atoms with Crippen molar-refractivity contribution in [2.24, 2.45) is 39.9 Å².